The molecule has 0 radical (unpaired) electrons. The molecule has 2 heterocycles. The topological polar surface area (TPSA) is 104 Å². The van der Waals surface area contributed by atoms with E-state index in [9.17, 15) is 14.4 Å². The van der Waals surface area contributed by atoms with Crippen molar-refractivity contribution < 1.29 is 14.4 Å². The van der Waals surface area contributed by atoms with Gasteiger partial charge in [0.1, 0.15) is 0 Å². The van der Waals surface area contributed by atoms with E-state index in [1.54, 1.807) is 4.90 Å². The average Bonchev–Trinajstić information content (AvgIpc) is 3.20. The molecule has 1 saturated carbocycles. The molecule has 1 aromatic carbocycles. The maximum Gasteiger partial charge on any atom is 0.286 e. The van der Waals surface area contributed by atoms with Crippen molar-refractivity contribution in [1.29, 1.82) is 0 Å². The fourth-order valence-electron chi connectivity index (χ4n) is 4.67. The van der Waals surface area contributed by atoms with Crippen molar-refractivity contribution in [3.8, 4) is 0 Å². The summed E-state index contributed by atoms with van der Waals surface area (Å²) in [6.45, 7) is 3.15. The smallest absolute Gasteiger partial charge is 0.286 e. The van der Waals surface area contributed by atoms with Crippen LogP contribution in [0.25, 0.3) is 0 Å². The predicted molar refractivity (Wildman–Crippen MR) is 132 cm³/mol. The predicted octanol–water partition coefficient (Wildman–Crippen LogP) is 4.18. The van der Waals surface area contributed by atoms with Gasteiger partial charge in [0.25, 0.3) is 11.8 Å². The minimum atomic E-state index is -0.376. The number of amides is 3. The molecule has 1 saturated heterocycles. The van der Waals surface area contributed by atoms with Crippen molar-refractivity contribution in [2.75, 3.05) is 18.4 Å². The molecule has 2 aliphatic rings. The summed E-state index contributed by atoms with van der Waals surface area (Å²) in [5, 5.41) is 14.3. The first-order valence-electron chi connectivity index (χ1n) is 12.3. The molecule has 2 N–H and O–H groups in total. The van der Waals surface area contributed by atoms with E-state index in [0.717, 1.165) is 42.6 Å². The van der Waals surface area contributed by atoms with E-state index in [1.807, 2.05) is 31.2 Å². The van der Waals surface area contributed by atoms with Gasteiger partial charge in [-0.2, -0.15) is 0 Å². The highest BCUT2D eigenvalue weighted by molar-refractivity contribution is 7.15. The summed E-state index contributed by atoms with van der Waals surface area (Å²) in [5.41, 5.74) is 1.77. The molecule has 8 nitrogen and oxygen atoms in total. The lowest BCUT2D eigenvalue weighted by atomic mass is 9.93. The minimum Gasteiger partial charge on any atom is -0.353 e. The van der Waals surface area contributed by atoms with Crippen LogP contribution in [-0.2, 0) is 4.79 Å². The van der Waals surface area contributed by atoms with Gasteiger partial charge in [-0.1, -0.05) is 54.7 Å². The van der Waals surface area contributed by atoms with Crippen molar-refractivity contribution in [3.05, 3.63) is 39.8 Å². The van der Waals surface area contributed by atoms with Crippen LogP contribution in [0.1, 0.15) is 83.0 Å². The van der Waals surface area contributed by atoms with E-state index in [2.05, 4.69) is 20.8 Å². The van der Waals surface area contributed by atoms with Crippen LogP contribution < -0.4 is 10.6 Å². The number of carbonyl (C=O) groups excluding carboxylic acids is 3. The van der Waals surface area contributed by atoms with Crippen molar-refractivity contribution in [2.45, 2.75) is 70.8 Å². The van der Waals surface area contributed by atoms with Crippen LogP contribution in [0.2, 0.25) is 0 Å². The Morgan fingerprint density at radius 1 is 0.941 bits per heavy atom. The van der Waals surface area contributed by atoms with E-state index in [1.165, 1.54) is 25.7 Å². The molecule has 0 unspecified atom stereocenters. The Bertz CT molecular complexity index is 990. The van der Waals surface area contributed by atoms with E-state index in [0.29, 0.717) is 37.2 Å². The maximum absolute atomic E-state index is 12.9. The van der Waals surface area contributed by atoms with E-state index in [4.69, 9.17) is 0 Å². The molecule has 34 heavy (non-hydrogen) atoms. The lowest BCUT2D eigenvalue weighted by molar-refractivity contribution is -0.123. The number of nitrogens with zero attached hydrogens (tertiary/aromatic N) is 3. The number of benzene rings is 1. The van der Waals surface area contributed by atoms with Gasteiger partial charge >= 0.3 is 0 Å². The molecule has 2 fully saturated rings. The highest BCUT2D eigenvalue weighted by atomic mass is 32.1. The number of anilines is 1. The highest BCUT2D eigenvalue weighted by Crippen LogP contribution is 2.24. The highest BCUT2D eigenvalue weighted by Gasteiger charge is 2.28. The third-order valence-electron chi connectivity index (χ3n) is 6.71. The van der Waals surface area contributed by atoms with Gasteiger partial charge in [-0.15, -0.1) is 10.2 Å². The van der Waals surface area contributed by atoms with Crippen LogP contribution in [0.4, 0.5) is 5.69 Å². The molecule has 1 aliphatic heterocycles. The minimum absolute atomic E-state index is 0.144. The molecule has 4 rings (SSSR count). The quantitative estimate of drug-likeness (QED) is 0.600. The summed E-state index contributed by atoms with van der Waals surface area (Å²) < 4.78 is 0. The van der Waals surface area contributed by atoms with Crippen molar-refractivity contribution in [2.24, 2.45) is 5.92 Å². The number of hydrogen-bond donors (Lipinski definition) is 2. The standard InChI is InChI=1S/C25H33N5O3S/c1-17-8-10-20(11-9-17)27-22(32)23-28-29-24(34-23)25(33)30-14-12-18(13-15-30)16-21(31)26-19-6-4-2-3-5-7-19/h8-11,18-19H,2-7,12-16H2,1H3,(H,26,31)(H,27,32). The number of hydrogen-bond acceptors (Lipinski definition) is 6. The summed E-state index contributed by atoms with van der Waals surface area (Å²) >= 11 is 1.01. The molecule has 0 atom stereocenters. The summed E-state index contributed by atoms with van der Waals surface area (Å²) in [4.78, 5) is 39.6. The Hall–Kier alpha value is -2.81. The van der Waals surface area contributed by atoms with E-state index < -0.39 is 0 Å². The Morgan fingerprint density at radius 2 is 1.59 bits per heavy atom. The summed E-state index contributed by atoms with van der Waals surface area (Å²) in [6.07, 6.45) is 9.24. The third-order valence-corrected chi connectivity index (χ3v) is 7.62. The SMILES string of the molecule is Cc1ccc(NC(=O)c2nnc(C(=O)N3CCC(CC(=O)NC4CCCCCC4)CC3)s2)cc1. The first-order chi connectivity index (χ1) is 16.5. The molecule has 1 aromatic heterocycles. The van der Waals surface area contributed by atoms with Crippen LogP contribution in [-0.4, -0.2) is 52.0 Å². The lowest BCUT2D eigenvalue weighted by Gasteiger charge is -2.31. The molecular weight excluding hydrogens is 450 g/mol. The maximum atomic E-state index is 12.9. The molecule has 3 amide bonds. The average molecular weight is 484 g/mol. The lowest BCUT2D eigenvalue weighted by Crippen LogP contribution is -2.41. The third kappa shape index (κ3) is 6.62. The Morgan fingerprint density at radius 3 is 2.26 bits per heavy atom. The molecule has 0 bridgehead atoms. The molecule has 2 aromatic rings. The first-order valence-corrected chi connectivity index (χ1v) is 13.1. The zero-order valence-electron chi connectivity index (χ0n) is 19.7. The Balaban J connectivity index is 1.23. The van der Waals surface area contributed by atoms with E-state index >= 15 is 0 Å². The number of rotatable bonds is 6. The molecule has 1 aliphatic carbocycles. The second-order valence-corrected chi connectivity index (χ2v) is 10.4. The number of likely N-dealkylation sites (tertiary alicyclic amines) is 1. The van der Waals surface area contributed by atoms with Crippen LogP contribution in [0.15, 0.2) is 24.3 Å². The molecule has 0 spiro atoms. The number of aromatic nitrogens is 2. The van der Waals surface area contributed by atoms with Gasteiger partial charge in [-0.3, -0.25) is 14.4 Å². The second-order valence-electron chi connectivity index (χ2n) is 9.43. The Labute approximate surface area is 204 Å². The fraction of sp³-hybridized carbons (Fsp3) is 0.560. The van der Waals surface area contributed by atoms with Gasteiger partial charge in [0.2, 0.25) is 15.9 Å². The molecular formula is C25H33N5O3S. The van der Waals surface area contributed by atoms with E-state index in [-0.39, 0.29) is 27.7 Å². The Kier molecular flexibility index (Phi) is 8.26. The van der Waals surface area contributed by atoms with Gasteiger partial charge in [0.05, 0.1) is 0 Å². The largest absolute Gasteiger partial charge is 0.353 e. The van der Waals surface area contributed by atoms with Gasteiger partial charge < -0.3 is 15.5 Å². The van der Waals surface area contributed by atoms with Crippen LogP contribution in [0.3, 0.4) is 0 Å². The van der Waals surface area contributed by atoms with Crippen molar-refractivity contribution in [1.82, 2.24) is 20.4 Å². The van der Waals surface area contributed by atoms with Crippen LogP contribution >= 0.6 is 11.3 Å². The number of aryl methyl sites for hydroxylation is 1. The van der Waals surface area contributed by atoms with Crippen molar-refractivity contribution >= 4 is 34.7 Å². The zero-order valence-corrected chi connectivity index (χ0v) is 20.5. The molecule has 182 valence electrons. The summed E-state index contributed by atoms with van der Waals surface area (Å²) in [7, 11) is 0. The van der Waals surface area contributed by atoms with Gasteiger partial charge in [0, 0.05) is 31.2 Å². The summed E-state index contributed by atoms with van der Waals surface area (Å²) in [6, 6.07) is 7.79. The second kappa shape index (κ2) is 11.6. The molecule has 9 heteroatoms. The zero-order chi connectivity index (χ0) is 23.9. The van der Waals surface area contributed by atoms with Crippen LogP contribution in [0.5, 0.6) is 0 Å². The summed E-state index contributed by atoms with van der Waals surface area (Å²) in [5.74, 6) is -0.142. The van der Waals surface area contributed by atoms with Crippen LogP contribution in [0, 0.1) is 12.8 Å². The normalized spacial score (nSPS) is 17.7. The number of piperidine rings is 1. The monoisotopic (exact) mass is 483 g/mol. The van der Waals surface area contributed by atoms with Gasteiger partial charge in [-0.25, -0.2) is 0 Å². The first kappa shape index (κ1) is 24.3. The van der Waals surface area contributed by atoms with Crippen molar-refractivity contribution in [3.63, 3.8) is 0 Å². The van der Waals surface area contributed by atoms with Gasteiger partial charge in [0.15, 0.2) is 0 Å². The number of carbonyl (C=O) groups is 3. The number of nitrogens with one attached hydrogen (secondary N) is 2. The van der Waals surface area contributed by atoms with Gasteiger partial charge in [-0.05, 0) is 50.7 Å². The fourth-order valence-corrected chi connectivity index (χ4v) is 5.38.